The molecule has 0 atom stereocenters. The summed E-state index contributed by atoms with van der Waals surface area (Å²) in [4.78, 5) is 19.3. The number of carbonyl (C=O) groups is 1. The molecule has 1 aromatic carbocycles. The highest BCUT2D eigenvalue weighted by molar-refractivity contribution is 7.93. The fourth-order valence-electron chi connectivity index (χ4n) is 1.65. The normalized spacial score (nSPS) is 11.7. The first kappa shape index (κ1) is 19.7. The first-order valence-corrected chi connectivity index (χ1v) is 8.36. The third kappa shape index (κ3) is 4.52. The van der Waals surface area contributed by atoms with Gasteiger partial charge in [-0.05, 0) is 18.2 Å². The van der Waals surface area contributed by atoms with Crippen molar-refractivity contribution < 1.29 is 35.9 Å². The summed E-state index contributed by atoms with van der Waals surface area (Å²) < 4.78 is 71.1. The summed E-state index contributed by atoms with van der Waals surface area (Å²) in [7, 11) is -4.76. The number of nitrogens with one attached hydrogen (secondary N) is 1. The Hall–Kier alpha value is -2.60. The van der Waals surface area contributed by atoms with Crippen molar-refractivity contribution in [2.75, 3.05) is 11.8 Å². The van der Waals surface area contributed by atoms with E-state index >= 15 is 0 Å². The van der Waals surface area contributed by atoms with Crippen LogP contribution in [-0.2, 0) is 14.8 Å². The van der Waals surface area contributed by atoms with Crippen LogP contribution < -0.4 is 9.46 Å². The summed E-state index contributed by atoms with van der Waals surface area (Å²) in [5, 5.41) is 0.0187. The van der Waals surface area contributed by atoms with Crippen LogP contribution in [0.2, 0.25) is 5.15 Å². The molecule has 0 spiro atoms. The van der Waals surface area contributed by atoms with E-state index in [9.17, 15) is 26.4 Å². The smallest absolute Gasteiger partial charge is 0.465 e. The Balaban J connectivity index is 2.40. The predicted octanol–water partition coefficient (Wildman–Crippen LogP) is 2.97. The molecule has 26 heavy (non-hydrogen) atoms. The number of hydrogen-bond acceptors (Lipinski definition) is 7. The quantitative estimate of drug-likeness (QED) is 0.753. The molecular formula is C13H9ClF3N3O5S. The highest BCUT2D eigenvalue weighted by Gasteiger charge is 2.46. The van der Waals surface area contributed by atoms with Crippen molar-refractivity contribution in [1.82, 2.24) is 9.97 Å². The molecule has 1 aromatic heterocycles. The van der Waals surface area contributed by atoms with E-state index in [0.29, 0.717) is 0 Å². The Labute approximate surface area is 150 Å². The van der Waals surface area contributed by atoms with Gasteiger partial charge in [-0.2, -0.15) is 26.6 Å². The van der Waals surface area contributed by atoms with E-state index in [1.165, 1.54) is 17.1 Å². The molecule has 1 N–H and O–H groups in total. The third-order valence-electron chi connectivity index (χ3n) is 2.75. The van der Waals surface area contributed by atoms with Crippen LogP contribution >= 0.6 is 11.6 Å². The largest absolute Gasteiger partial charge is 0.516 e. The van der Waals surface area contributed by atoms with Crippen LogP contribution in [0.3, 0.4) is 0 Å². The Morgan fingerprint density at radius 3 is 2.54 bits per heavy atom. The molecule has 0 amide bonds. The number of methoxy groups -OCH3 is 1. The van der Waals surface area contributed by atoms with Crippen molar-refractivity contribution in [1.29, 1.82) is 0 Å². The molecule has 13 heteroatoms. The molecule has 2 aromatic rings. The zero-order chi connectivity index (χ0) is 19.5. The molecule has 0 unspecified atom stereocenters. The number of sulfonamides is 1. The first-order chi connectivity index (χ1) is 12.0. The minimum absolute atomic E-state index is 0.0187. The Kier molecular flexibility index (Phi) is 5.56. The van der Waals surface area contributed by atoms with Gasteiger partial charge in [0.1, 0.15) is 5.75 Å². The van der Waals surface area contributed by atoms with Crippen molar-refractivity contribution in [3.05, 3.63) is 41.3 Å². The first-order valence-electron chi connectivity index (χ1n) is 6.50. The number of aromatic nitrogens is 2. The van der Waals surface area contributed by atoms with Crippen LogP contribution in [0.15, 0.2) is 30.6 Å². The second kappa shape index (κ2) is 7.33. The van der Waals surface area contributed by atoms with Crippen LogP contribution in [0.25, 0.3) is 0 Å². The van der Waals surface area contributed by atoms with E-state index in [1.807, 2.05) is 0 Å². The molecule has 0 bridgehead atoms. The lowest BCUT2D eigenvalue weighted by molar-refractivity contribution is -0.0429. The average molecular weight is 412 g/mol. The SMILES string of the molecule is COC(=O)c1cc(Oc2cncc(Cl)n2)ccc1NS(=O)(=O)C(F)(F)F. The monoisotopic (exact) mass is 411 g/mol. The van der Waals surface area contributed by atoms with Gasteiger partial charge >= 0.3 is 21.5 Å². The summed E-state index contributed by atoms with van der Waals surface area (Å²) >= 11 is 5.64. The van der Waals surface area contributed by atoms with E-state index in [0.717, 1.165) is 25.3 Å². The highest BCUT2D eigenvalue weighted by atomic mass is 35.5. The number of rotatable bonds is 5. The second-order valence-corrected chi connectivity index (χ2v) is 6.59. The van der Waals surface area contributed by atoms with Gasteiger partial charge in [-0.25, -0.2) is 4.79 Å². The van der Waals surface area contributed by atoms with Gasteiger partial charge in [-0.3, -0.25) is 9.71 Å². The molecular weight excluding hydrogens is 403 g/mol. The van der Waals surface area contributed by atoms with Crippen LogP contribution in [0.4, 0.5) is 18.9 Å². The van der Waals surface area contributed by atoms with Crippen molar-refractivity contribution in [3.63, 3.8) is 0 Å². The summed E-state index contributed by atoms with van der Waals surface area (Å²) in [5.74, 6) is -1.19. The molecule has 0 saturated heterocycles. The lowest BCUT2D eigenvalue weighted by atomic mass is 10.2. The van der Waals surface area contributed by atoms with Crippen LogP contribution in [-0.4, -0.2) is 37.0 Å². The Morgan fingerprint density at radius 2 is 1.96 bits per heavy atom. The number of nitrogens with zero attached hydrogens (tertiary/aromatic N) is 2. The maximum absolute atomic E-state index is 12.5. The Bertz CT molecular complexity index is 937. The van der Waals surface area contributed by atoms with Crippen molar-refractivity contribution in [2.24, 2.45) is 0 Å². The van der Waals surface area contributed by atoms with Gasteiger partial charge in [0.15, 0.2) is 5.15 Å². The van der Waals surface area contributed by atoms with Gasteiger partial charge in [0, 0.05) is 0 Å². The molecule has 8 nitrogen and oxygen atoms in total. The van der Waals surface area contributed by atoms with E-state index in [-0.39, 0.29) is 16.8 Å². The van der Waals surface area contributed by atoms with Crippen molar-refractivity contribution in [3.8, 4) is 11.6 Å². The molecule has 0 saturated carbocycles. The summed E-state index contributed by atoms with van der Waals surface area (Å²) in [6, 6.07) is 2.99. The number of hydrogen-bond donors (Lipinski definition) is 1. The zero-order valence-corrected chi connectivity index (χ0v) is 14.3. The van der Waals surface area contributed by atoms with Crippen molar-refractivity contribution in [2.45, 2.75) is 5.51 Å². The fourth-order valence-corrected chi connectivity index (χ4v) is 2.38. The summed E-state index contributed by atoms with van der Waals surface area (Å²) in [6.07, 6.45) is 2.44. The van der Waals surface area contributed by atoms with E-state index < -0.39 is 32.8 Å². The van der Waals surface area contributed by atoms with Crippen LogP contribution in [0, 0.1) is 0 Å². The number of halogens is 4. The second-order valence-electron chi connectivity index (χ2n) is 4.53. The standard InChI is InChI=1S/C13H9ClF3N3O5S/c1-24-12(21)8-4-7(25-11-6-18-5-10(14)19-11)2-3-9(8)20-26(22,23)13(15,16)17/h2-6,20H,1H3. The van der Waals surface area contributed by atoms with Gasteiger partial charge in [0.2, 0.25) is 5.88 Å². The van der Waals surface area contributed by atoms with Crippen molar-refractivity contribution >= 4 is 33.3 Å². The molecule has 2 rings (SSSR count). The van der Waals surface area contributed by atoms with Gasteiger partial charge in [-0.15, -0.1) is 0 Å². The number of benzene rings is 1. The maximum Gasteiger partial charge on any atom is 0.516 e. The van der Waals surface area contributed by atoms with Crippen LogP contribution in [0.5, 0.6) is 11.6 Å². The maximum atomic E-state index is 12.5. The third-order valence-corrected chi connectivity index (χ3v) is 4.03. The molecule has 140 valence electrons. The topological polar surface area (TPSA) is 107 Å². The highest BCUT2D eigenvalue weighted by Crippen LogP contribution is 2.30. The van der Waals surface area contributed by atoms with Gasteiger partial charge in [-0.1, -0.05) is 11.6 Å². The predicted molar refractivity (Wildman–Crippen MR) is 83.5 cm³/mol. The molecule has 1 heterocycles. The minimum atomic E-state index is -5.73. The minimum Gasteiger partial charge on any atom is -0.465 e. The molecule has 0 aliphatic rings. The van der Waals surface area contributed by atoms with E-state index in [1.54, 1.807) is 0 Å². The summed E-state index contributed by atoms with van der Waals surface area (Å²) in [6.45, 7) is 0. The van der Waals surface area contributed by atoms with Gasteiger partial charge in [0.25, 0.3) is 0 Å². The molecule has 0 fully saturated rings. The number of esters is 1. The number of anilines is 1. The van der Waals surface area contributed by atoms with Gasteiger partial charge < -0.3 is 9.47 Å². The fraction of sp³-hybridized carbons (Fsp3) is 0.154. The Morgan fingerprint density at radius 1 is 1.27 bits per heavy atom. The summed E-state index contributed by atoms with van der Waals surface area (Å²) in [5.41, 5.74) is -6.71. The number of alkyl halides is 3. The molecule has 0 aliphatic carbocycles. The lowest BCUT2D eigenvalue weighted by Gasteiger charge is -2.14. The number of carbonyl (C=O) groups excluding carboxylic acids is 1. The van der Waals surface area contributed by atoms with Crippen LogP contribution in [0.1, 0.15) is 10.4 Å². The average Bonchev–Trinajstić information content (AvgIpc) is 2.54. The van der Waals surface area contributed by atoms with Gasteiger partial charge in [0.05, 0.1) is 30.8 Å². The lowest BCUT2D eigenvalue weighted by Crippen LogP contribution is -2.30. The number of ether oxygens (including phenoxy) is 2. The van der Waals surface area contributed by atoms with E-state index in [2.05, 4.69) is 14.7 Å². The molecule has 0 radical (unpaired) electrons. The zero-order valence-electron chi connectivity index (χ0n) is 12.7. The van der Waals surface area contributed by atoms with E-state index in [4.69, 9.17) is 16.3 Å². The molecule has 0 aliphatic heterocycles.